The second-order valence-electron chi connectivity index (χ2n) is 5.24. The molecule has 1 atom stereocenters. The number of nitrogens with zero attached hydrogens (tertiary/aromatic N) is 1. The molecule has 3 nitrogen and oxygen atoms in total. The van der Waals surface area contributed by atoms with Crippen molar-refractivity contribution in [2.75, 3.05) is 13.2 Å². The van der Waals surface area contributed by atoms with Gasteiger partial charge in [0.1, 0.15) is 6.04 Å². The first-order valence-corrected chi connectivity index (χ1v) is 6.86. The van der Waals surface area contributed by atoms with Crippen molar-refractivity contribution in [1.29, 1.82) is 0 Å². The molecule has 0 fully saturated rings. The fourth-order valence-electron chi connectivity index (χ4n) is 2.05. The van der Waals surface area contributed by atoms with Crippen molar-refractivity contribution in [3.63, 3.8) is 0 Å². The number of esters is 1. The second kappa shape index (κ2) is 8.51. The summed E-state index contributed by atoms with van der Waals surface area (Å²) in [5, 5.41) is 0. The molecule has 1 unspecified atom stereocenters. The van der Waals surface area contributed by atoms with Gasteiger partial charge in [0.05, 0.1) is 6.61 Å². The summed E-state index contributed by atoms with van der Waals surface area (Å²) in [6.45, 7) is 14.0. The topological polar surface area (TPSA) is 29.5 Å². The van der Waals surface area contributed by atoms with Gasteiger partial charge in [0.2, 0.25) is 0 Å². The van der Waals surface area contributed by atoms with Crippen LogP contribution in [0.25, 0.3) is 0 Å². The molecule has 0 aliphatic carbocycles. The van der Waals surface area contributed by atoms with E-state index >= 15 is 0 Å². The Kier molecular flexibility index (Phi) is 8.23. The Bertz CT molecular complexity index is 214. The molecule has 17 heavy (non-hydrogen) atoms. The van der Waals surface area contributed by atoms with E-state index in [4.69, 9.17) is 4.74 Å². The van der Waals surface area contributed by atoms with E-state index in [-0.39, 0.29) is 12.0 Å². The largest absolute Gasteiger partial charge is 0.465 e. The van der Waals surface area contributed by atoms with Crippen LogP contribution in [0.3, 0.4) is 0 Å². The van der Waals surface area contributed by atoms with Gasteiger partial charge in [-0.25, -0.2) is 0 Å². The highest BCUT2D eigenvalue weighted by Gasteiger charge is 2.28. The lowest BCUT2D eigenvalue weighted by Crippen LogP contribution is -2.47. The Labute approximate surface area is 107 Å². The van der Waals surface area contributed by atoms with Gasteiger partial charge in [-0.1, -0.05) is 27.2 Å². The lowest BCUT2D eigenvalue weighted by molar-refractivity contribution is -0.151. The van der Waals surface area contributed by atoms with Gasteiger partial charge in [0, 0.05) is 12.6 Å². The van der Waals surface area contributed by atoms with Crippen molar-refractivity contribution < 1.29 is 9.53 Å². The lowest BCUT2D eigenvalue weighted by Gasteiger charge is -2.34. The van der Waals surface area contributed by atoms with Gasteiger partial charge >= 0.3 is 5.97 Å². The van der Waals surface area contributed by atoms with Crippen molar-refractivity contribution in [2.24, 2.45) is 5.92 Å². The molecule has 0 amide bonds. The van der Waals surface area contributed by atoms with Crippen LogP contribution < -0.4 is 0 Å². The van der Waals surface area contributed by atoms with E-state index in [1.54, 1.807) is 0 Å². The maximum absolute atomic E-state index is 12.0. The predicted molar refractivity (Wildman–Crippen MR) is 72.0 cm³/mol. The predicted octanol–water partition coefficient (Wildman–Crippen LogP) is 3.08. The van der Waals surface area contributed by atoms with Crippen molar-refractivity contribution >= 4 is 5.97 Å². The van der Waals surface area contributed by atoms with E-state index in [1.165, 1.54) is 0 Å². The Balaban J connectivity index is 4.75. The number of rotatable bonds is 8. The van der Waals surface area contributed by atoms with E-state index in [2.05, 4.69) is 39.5 Å². The molecule has 0 radical (unpaired) electrons. The molecule has 0 aliphatic rings. The van der Waals surface area contributed by atoms with Crippen molar-refractivity contribution in [3.05, 3.63) is 0 Å². The number of carbonyl (C=O) groups excluding carboxylic acids is 1. The smallest absolute Gasteiger partial charge is 0.323 e. The van der Waals surface area contributed by atoms with Gasteiger partial charge in [-0.05, 0) is 33.1 Å². The van der Waals surface area contributed by atoms with E-state index in [0.717, 1.165) is 19.4 Å². The number of hydrogen-bond acceptors (Lipinski definition) is 3. The van der Waals surface area contributed by atoms with Crippen molar-refractivity contribution in [2.45, 2.75) is 66.5 Å². The molecule has 0 N–H and O–H groups in total. The summed E-state index contributed by atoms with van der Waals surface area (Å²) in [6, 6.07) is 0.292. The van der Waals surface area contributed by atoms with Crippen LogP contribution in [0.4, 0.5) is 0 Å². The summed E-state index contributed by atoms with van der Waals surface area (Å²) in [5.74, 6) is 0.495. The molecule has 0 aromatic heterocycles. The van der Waals surface area contributed by atoms with Gasteiger partial charge < -0.3 is 4.74 Å². The van der Waals surface area contributed by atoms with E-state index in [9.17, 15) is 4.79 Å². The normalized spacial score (nSPS) is 13.5. The summed E-state index contributed by atoms with van der Waals surface area (Å²) in [6.07, 6.45) is 1.88. The second-order valence-corrected chi connectivity index (χ2v) is 5.24. The molecule has 0 saturated heterocycles. The third-order valence-electron chi connectivity index (χ3n) is 2.76. The van der Waals surface area contributed by atoms with Crippen LogP contribution in [0, 0.1) is 5.92 Å². The lowest BCUT2D eigenvalue weighted by atomic mass is 10.1. The van der Waals surface area contributed by atoms with Gasteiger partial charge in [-0.3, -0.25) is 9.69 Å². The monoisotopic (exact) mass is 243 g/mol. The molecule has 0 heterocycles. The zero-order valence-corrected chi connectivity index (χ0v) is 12.3. The number of hydrogen-bond donors (Lipinski definition) is 0. The first kappa shape index (κ1) is 16.4. The fraction of sp³-hybridized carbons (Fsp3) is 0.929. The minimum atomic E-state index is -0.0812. The Morgan fingerprint density at radius 2 is 1.76 bits per heavy atom. The van der Waals surface area contributed by atoms with Crippen molar-refractivity contribution in [3.8, 4) is 0 Å². The molecular weight excluding hydrogens is 214 g/mol. The number of ether oxygens (including phenoxy) is 1. The Hall–Kier alpha value is -0.570. The molecule has 102 valence electrons. The number of carbonyl (C=O) groups is 1. The van der Waals surface area contributed by atoms with Crippen LogP contribution >= 0.6 is 0 Å². The van der Waals surface area contributed by atoms with Crippen LogP contribution in [-0.4, -0.2) is 36.1 Å². The van der Waals surface area contributed by atoms with Crippen LogP contribution in [0.1, 0.15) is 54.4 Å². The third kappa shape index (κ3) is 6.06. The molecule has 3 heteroatoms. The molecule has 0 aromatic rings. The quantitative estimate of drug-likeness (QED) is 0.614. The maximum atomic E-state index is 12.0. The molecule has 0 saturated carbocycles. The molecule has 0 bridgehead atoms. The minimum Gasteiger partial charge on any atom is -0.465 e. The summed E-state index contributed by atoms with van der Waals surface area (Å²) in [4.78, 5) is 14.3. The van der Waals surface area contributed by atoms with Crippen LogP contribution in [0.2, 0.25) is 0 Å². The standard InChI is InChI=1S/C14H29NO2/c1-7-9-13(14(16)17-8-2)15(12(5)6)10-11(3)4/h11-13H,7-10H2,1-6H3. The zero-order valence-electron chi connectivity index (χ0n) is 12.3. The average molecular weight is 243 g/mol. The third-order valence-corrected chi connectivity index (χ3v) is 2.76. The van der Waals surface area contributed by atoms with Crippen LogP contribution in [0.5, 0.6) is 0 Å². The highest BCUT2D eigenvalue weighted by Crippen LogP contribution is 2.15. The molecular formula is C14H29NO2. The minimum absolute atomic E-state index is 0.0660. The Morgan fingerprint density at radius 1 is 1.18 bits per heavy atom. The van der Waals surface area contributed by atoms with Gasteiger partial charge in [-0.2, -0.15) is 0 Å². The van der Waals surface area contributed by atoms with Crippen LogP contribution in [-0.2, 0) is 9.53 Å². The van der Waals surface area contributed by atoms with Crippen LogP contribution in [0.15, 0.2) is 0 Å². The molecule has 0 aromatic carbocycles. The molecule has 0 aliphatic heterocycles. The highest BCUT2D eigenvalue weighted by molar-refractivity contribution is 5.75. The summed E-state index contributed by atoms with van der Waals surface area (Å²) in [7, 11) is 0. The maximum Gasteiger partial charge on any atom is 0.323 e. The van der Waals surface area contributed by atoms with E-state index in [1.807, 2.05) is 6.92 Å². The van der Waals surface area contributed by atoms with Gasteiger partial charge in [0.15, 0.2) is 0 Å². The first-order chi connectivity index (χ1) is 7.93. The first-order valence-electron chi connectivity index (χ1n) is 6.86. The fourth-order valence-corrected chi connectivity index (χ4v) is 2.05. The van der Waals surface area contributed by atoms with Crippen molar-refractivity contribution in [1.82, 2.24) is 4.90 Å². The zero-order chi connectivity index (χ0) is 13.4. The van der Waals surface area contributed by atoms with E-state index < -0.39 is 0 Å². The molecule has 0 spiro atoms. The highest BCUT2D eigenvalue weighted by atomic mass is 16.5. The average Bonchev–Trinajstić information content (AvgIpc) is 2.22. The van der Waals surface area contributed by atoms with Gasteiger partial charge in [0.25, 0.3) is 0 Å². The summed E-state index contributed by atoms with van der Waals surface area (Å²) in [5.41, 5.74) is 0. The summed E-state index contributed by atoms with van der Waals surface area (Å²) < 4.78 is 5.19. The summed E-state index contributed by atoms with van der Waals surface area (Å²) >= 11 is 0. The SMILES string of the molecule is CCCC(C(=O)OCC)N(CC(C)C)C(C)C. The van der Waals surface area contributed by atoms with Gasteiger partial charge in [-0.15, -0.1) is 0 Å². The van der Waals surface area contributed by atoms with E-state index in [0.29, 0.717) is 18.6 Å². The molecule has 0 rings (SSSR count). The Morgan fingerprint density at radius 3 is 2.12 bits per heavy atom.